The lowest BCUT2D eigenvalue weighted by Gasteiger charge is -2.47. The molecule has 0 N–H and O–H groups in total. The van der Waals surface area contributed by atoms with Gasteiger partial charge in [0.05, 0.1) is 6.33 Å². The smallest absolute Gasteiger partial charge is 0.0945 e. The summed E-state index contributed by atoms with van der Waals surface area (Å²) in [5.41, 5.74) is 5.51. The van der Waals surface area contributed by atoms with Gasteiger partial charge in [0.15, 0.2) is 0 Å². The monoisotopic (exact) mass is 294 g/mol. The molecule has 2 aliphatic carbocycles. The number of hydrogen-bond acceptors (Lipinski definition) is 1. The summed E-state index contributed by atoms with van der Waals surface area (Å²) >= 11 is 0. The van der Waals surface area contributed by atoms with Crippen molar-refractivity contribution in [3.05, 3.63) is 53.6 Å². The van der Waals surface area contributed by atoms with E-state index in [2.05, 4.69) is 40.9 Å². The minimum absolute atomic E-state index is 0.461. The molecule has 0 spiro atoms. The van der Waals surface area contributed by atoms with Crippen molar-refractivity contribution < 1.29 is 0 Å². The molecule has 2 nitrogen and oxygen atoms in total. The van der Waals surface area contributed by atoms with Crippen LogP contribution in [-0.2, 0) is 24.8 Å². The van der Waals surface area contributed by atoms with Gasteiger partial charge in [0.2, 0.25) is 0 Å². The fraction of sp³-hybridized carbons (Fsp3) is 0.550. The quantitative estimate of drug-likeness (QED) is 0.810. The summed E-state index contributed by atoms with van der Waals surface area (Å²) in [6, 6.07) is 7.07. The van der Waals surface area contributed by atoms with Gasteiger partial charge < -0.3 is 4.57 Å². The van der Waals surface area contributed by atoms with Gasteiger partial charge >= 0.3 is 0 Å². The van der Waals surface area contributed by atoms with Gasteiger partial charge in [-0.3, -0.25) is 0 Å². The topological polar surface area (TPSA) is 17.8 Å². The Hall–Kier alpha value is -1.57. The molecule has 1 aromatic carbocycles. The Balaban J connectivity index is 1.72. The number of aryl methyl sites for hydroxylation is 1. The van der Waals surface area contributed by atoms with Crippen molar-refractivity contribution in [2.75, 3.05) is 0 Å². The molecule has 4 rings (SSSR count). The average molecular weight is 294 g/mol. The summed E-state index contributed by atoms with van der Waals surface area (Å²) in [6.45, 7) is 3.47. The van der Waals surface area contributed by atoms with Crippen LogP contribution in [0.25, 0.3) is 0 Å². The van der Waals surface area contributed by atoms with Crippen LogP contribution in [0.5, 0.6) is 0 Å². The van der Waals surface area contributed by atoms with Crippen LogP contribution in [0.15, 0.2) is 36.9 Å². The lowest BCUT2D eigenvalue weighted by molar-refractivity contribution is 0.218. The molecule has 0 amide bonds. The minimum Gasteiger partial charge on any atom is -0.337 e. The molecule has 0 aliphatic heterocycles. The molecule has 1 aromatic heterocycles. The van der Waals surface area contributed by atoms with E-state index in [1.807, 2.05) is 12.5 Å². The zero-order chi connectivity index (χ0) is 15.0. The summed E-state index contributed by atoms with van der Waals surface area (Å²) < 4.78 is 2.27. The van der Waals surface area contributed by atoms with E-state index in [4.69, 9.17) is 0 Å². The van der Waals surface area contributed by atoms with Crippen molar-refractivity contribution in [2.45, 2.75) is 63.8 Å². The van der Waals surface area contributed by atoms with E-state index in [0.29, 0.717) is 5.41 Å². The second-order valence-electron chi connectivity index (χ2n) is 7.37. The Morgan fingerprint density at radius 2 is 2.23 bits per heavy atom. The van der Waals surface area contributed by atoms with E-state index < -0.39 is 0 Å². The summed E-state index contributed by atoms with van der Waals surface area (Å²) in [7, 11) is 0. The molecule has 0 radical (unpaired) electrons. The number of aromatic nitrogens is 2. The number of rotatable bonds is 4. The highest BCUT2D eigenvalue weighted by Crippen LogP contribution is 2.50. The lowest BCUT2D eigenvalue weighted by atomic mass is 9.58. The van der Waals surface area contributed by atoms with Crippen molar-refractivity contribution in [2.24, 2.45) is 5.92 Å². The zero-order valence-corrected chi connectivity index (χ0v) is 13.6. The van der Waals surface area contributed by atoms with E-state index in [1.54, 1.807) is 16.7 Å². The van der Waals surface area contributed by atoms with Crippen LogP contribution in [0, 0.1) is 5.92 Å². The predicted molar refractivity (Wildman–Crippen MR) is 90.0 cm³/mol. The molecule has 2 heteroatoms. The van der Waals surface area contributed by atoms with Gasteiger partial charge in [0, 0.05) is 18.9 Å². The Morgan fingerprint density at radius 1 is 1.32 bits per heavy atom. The Bertz CT molecular complexity index is 644. The van der Waals surface area contributed by atoms with Crippen LogP contribution in [0.4, 0.5) is 0 Å². The zero-order valence-electron chi connectivity index (χ0n) is 13.6. The second kappa shape index (κ2) is 5.57. The molecule has 2 aromatic rings. The maximum atomic E-state index is 4.21. The number of imidazole rings is 1. The van der Waals surface area contributed by atoms with Crippen LogP contribution in [0.2, 0.25) is 0 Å². The van der Waals surface area contributed by atoms with E-state index >= 15 is 0 Å². The minimum atomic E-state index is 0.461. The third-order valence-electron chi connectivity index (χ3n) is 5.81. The third-order valence-corrected chi connectivity index (χ3v) is 5.81. The molecule has 0 bridgehead atoms. The van der Waals surface area contributed by atoms with Crippen LogP contribution in [0.1, 0.15) is 55.7 Å². The first-order valence-corrected chi connectivity index (χ1v) is 8.88. The van der Waals surface area contributed by atoms with Gasteiger partial charge in [-0.25, -0.2) is 4.98 Å². The molecular formula is C20H26N2. The maximum Gasteiger partial charge on any atom is 0.0945 e. The third kappa shape index (κ3) is 2.29. The van der Waals surface area contributed by atoms with E-state index in [0.717, 1.165) is 12.5 Å². The number of nitrogens with zero attached hydrogens (tertiary/aromatic N) is 2. The SMILES string of the molecule is CCC[C@@]12CCCc3cccc(c31)C[C@H](Cn1ccnc1)C2. The fourth-order valence-corrected chi connectivity index (χ4v) is 5.25. The first-order chi connectivity index (χ1) is 10.8. The normalized spacial score (nSPS) is 26.7. The van der Waals surface area contributed by atoms with Gasteiger partial charge in [0.1, 0.15) is 0 Å². The Labute approximate surface area is 133 Å². The molecular weight excluding hydrogens is 268 g/mol. The van der Waals surface area contributed by atoms with Crippen LogP contribution in [0.3, 0.4) is 0 Å². The molecule has 22 heavy (non-hydrogen) atoms. The molecule has 0 unspecified atom stereocenters. The van der Waals surface area contributed by atoms with Gasteiger partial charge in [-0.05, 0) is 66.5 Å². The average Bonchev–Trinajstić information content (AvgIpc) is 3.00. The van der Waals surface area contributed by atoms with Gasteiger partial charge in [-0.1, -0.05) is 31.5 Å². The van der Waals surface area contributed by atoms with Gasteiger partial charge in [-0.15, -0.1) is 0 Å². The highest BCUT2D eigenvalue weighted by molar-refractivity contribution is 5.45. The van der Waals surface area contributed by atoms with Crippen molar-refractivity contribution in [1.29, 1.82) is 0 Å². The van der Waals surface area contributed by atoms with E-state index in [-0.39, 0.29) is 0 Å². The molecule has 116 valence electrons. The molecule has 1 heterocycles. The largest absolute Gasteiger partial charge is 0.337 e. The van der Waals surface area contributed by atoms with Gasteiger partial charge in [0.25, 0.3) is 0 Å². The summed E-state index contributed by atoms with van der Waals surface area (Å²) in [5, 5.41) is 0. The molecule has 2 atom stereocenters. The summed E-state index contributed by atoms with van der Waals surface area (Å²) in [5.74, 6) is 0.751. The highest BCUT2D eigenvalue weighted by Gasteiger charge is 2.42. The van der Waals surface area contributed by atoms with E-state index in [1.165, 1.54) is 44.9 Å². The Kier molecular flexibility index (Phi) is 3.56. The van der Waals surface area contributed by atoms with E-state index in [9.17, 15) is 0 Å². The summed E-state index contributed by atoms with van der Waals surface area (Å²) in [4.78, 5) is 4.21. The molecule has 0 fully saturated rings. The maximum absolute atomic E-state index is 4.21. The van der Waals surface area contributed by atoms with Crippen LogP contribution >= 0.6 is 0 Å². The van der Waals surface area contributed by atoms with Gasteiger partial charge in [-0.2, -0.15) is 0 Å². The fourth-order valence-electron chi connectivity index (χ4n) is 5.25. The van der Waals surface area contributed by atoms with Crippen molar-refractivity contribution in [3.8, 4) is 0 Å². The van der Waals surface area contributed by atoms with Crippen molar-refractivity contribution in [3.63, 3.8) is 0 Å². The standard InChI is InChI=1S/C20H26N2/c1-2-8-20-9-4-7-17-5-3-6-18(19(17)20)12-16(13-20)14-22-11-10-21-15-22/h3,5-6,10-11,15-16H,2,4,7-9,12-14H2,1H3/t16-,20-/m0/s1. The molecule has 2 aliphatic rings. The second-order valence-corrected chi connectivity index (χ2v) is 7.37. The number of benzene rings is 1. The molecule has 0 saturated heterocycles. The lowest BCUT2D eigenvalue weighted by Crippen LogP contribution is -2.39. The predicted octanol–water partition coefficient (Wildman–Crippen LogP) is 4.52. The van der Waals surface area contributed by atoms with Crippen LogP contribution in [-0.4, -0.2) is 9.55 Å². The Morgan fingerprint density at radius 3 is 3.05 bits per heavy atom. The first-order valence-electron chi connectivity index (χ1n) is 8.88. The first kappa shape index (κ1) is 14.0. The molecule has 0 saturated carbocycles. The number of hydrogen-bond donors (Lipinski definition) is 0. The highest BCUT2D eigenvalue weighted by atomic mass is 15.0. The van der Waals surface area contributed by atoms with Crippen LogP contribution < -0.4 is 0 Å². The summed E-state index contributed by atoms with van der Waals surface area (Å²) in [6.07, 6.45) is 15.3. The van der Waals surface area contributed by atoms with Crippen molar-refractivity contribution >= 4 is 0 Å². The van der Waals surface area contributed by atoms with Crippen molar-refractivity contribution in [1.82, 2.24) is 9.55 Å².